The van der Waals surface area contributed by atoms with E-state index in [2.05, 4.69) is 31.4 Å². The fourth-order valence-corrected chi connectivity index (χ4v) is 10.9. The Bertz CT molecular complexity index is 1250. The third kappa shape index (κ3) is 9.78. The second kappa shape index (κ2) is 17.3. The maximum atomic E-state index is 13.4. The third-order valence-corrected chi connectivity index (χ3v) is 13.4. The highest BCUT2D eigenvalue weighted by Crippen LogP contribution is 2.68. The van der Waals surface area contributed by atoms with E-state index in [-0.39, 0.29) is 104 Å². The number of hydrogen-bond donors (Lipinski definition) is 8. The zero-order valence-corrected chi connectivity index (χ0v) is 30.3. The molecule has 11 atom stereocenters. The van der Waals surface area contributed by atoms with Gasteiger partial charge in [-0.25, -0.2) is 0 Å². The summed E-state index contributed by atoms with van der Waals surface area (Å²) in [5.74, 6) is -3.54. The minimum absolute atomic E-state index is 0.0347. The molecule has 0 aliphatic heterocycles. The first kappa shape index (κ1) is 40.9. The van der Waals surface area contributed by atoms with Gasteiger partial charge in [-0.15, -0.1) is 0 Å². The molecule has 51 heavy (non-hydrogen) atoms. The van der Waals surface area contributed by atoms with Crippen molar-refractivity contribution in [2.75, 3.05) is 52.4 Å². The van der Waals surface area contributed by atoms with Gasteiger partial charge in [0, 0.05) is 38.6 Å². The third-order valence-electron chi connectivity index (χ3n) is 13.4. The summed E-state index contributed by atoms with van der Waals surface area (Å²) in [6.45, 7) is 6.17. The molecule has 4 fully saturated rings. The van der Waals surface area contributed by atoms with Gasteiger partial charge in [-0.2, -0.15) is 0 Å². The first-order valence-corrected chi connectivity index (χ1v) is 18.6. The highest BCUT2D eigenvalue weighted by molar-refractivity contribution is 5.78. The number of aliphatic hydroxyl groups is 2. The minimum atomic E-state index is -1.17. The molecule has 4 aliphatic carbocycles. The second-order valence-electron chi connectivity index (χ2n) is 16.4. The lowest BCUT2D eigenvalue weighted by atomic mass is 9.43. The standard InChI is InChI=1S/C36H60N4O11/c1-21(4-7-30(44)45)24-5-6-25-34-26(16-28(42)36(24,25)3)35(2)9-8-23(14-22(35)15-27(34)41)38-29(43)18-39(11-10-37-17-31(46)47)12-13-40(19-32(48)49)20-33(50)51/h21-28,34,37,41-42H,4-20H2,1-3H3,(H,38,43)(H,44,45)(H,46,47)(H,48,49)(H,50,51)/t21?,22-,23-,24+,25?,26?,27+,28-,34?,35-,36+/m0/s1. The van der Waals surface area contributed by atoms with Crippen LogP contribution in [0, 0.1) is 46.3 Å². The monoisotopic (exact) mass is 724 g/mol. The summed E-state index contributed by atoms with van der Waals surface area (Å²) < 4.78 is 0. The Morgan fingerprint density at radius 3 is 2.08 bits per heavy atom. The van der Waals surface area contributed by atoms with E-state index in [1.54, 1.807) is 4.90 Å². The van der Waals surface area contributed by atoms with Crippen molar-refractivity contribution < 1.29 is 54.6 Å². The average Bonchev–Trinajstić information content (AvgIpc) is 3.39. The fraction of sp³-hybridized carbons (Fsp3) is 0.861. The van der Waals surface area contributed by atoms with Gasteiger partial charge in [0.2, 0.25) is 5.91 Å². The van der Waals surface area contributed by atoms with E-state index >= 15 is 0 Å². The number of amides is 1. The predicted octanol–water partition coefficient (Wildman–Crippen LogP) is 1.02. The van der Waals surface area contributed by atoms with Crippen molar-refractivity contribution in [2.24, 2.45) is 46.3 Å². The van der Waals surface area contributed by atoms with Gasteiger partial charge >= 0.3 is 23.9 Å². The number of carbonyl (C=O) groups excluding carboxylic acids is 1. The number of aliphatic hydroxyl groups excluding tert-OH is 2. The Kier molecular flexibility index (Phi) is 13.9. The summed E-state index contributed by atoms with van der Waals surface area (Å²) in [5.41, 5.74) is -0.484. The SMILES string of the molecule is CC(CCC(=O)O)[C@H]1CCC2C3C(C[C@H](O)[C@@]21C)[C@@]1(C)CC[C@H](NC(=O)CN(CCNCC(=O)O)CCN(CC(=O)O)CC(=O)O)C[C@H]1C[C@H]3O. The normalized spacial score (nSPS) is 35.0. The topological polar surface area (TPSA) is 237 Å². The smallest absolute Gasteiger partial charge is 0.317 e. The van der Waals surface area contributed by atoms with Crippen LogP contribution >= 0.6 is 0 Å². The van der Waals surface area contributed by atoms with Crippen molar-refractivity contribution in [1.29, 1.82) is 0 Å². The lowest BCUT2D eigenvalue weighted by molar-refractivity contribution is -0.202. The first-order chi connectivity index (χ1) is 23.9. The molecule has 15 heteroatoms. The lowest BCUT2D eigenvalue weighted by Gasteiger charge is -2.63. The summed E-state index contributed by atoms with van der Waals surface area (Å²) in [5, 5.41) is 66.2. The summed E-state index contributed by atoms with van der Waals surface area (Å²) in [6, 6.07) is -0.119. The van der Waals surface area contributed by atoms with Gasteiger partial charge in [-0.1, -0.05) is 20.8 Å². The van der Waals surface area contributed by atoms with Crippen LogP contribution in [0.15, 0.2) is 0 Å². The Morgan fingerprint density at radius 2 is 1.45 bits per heavy atom. The maximum absolute atomic E-state index is 13.4. The molecule has 15 nitrogen and oxygen atoms in total. The van der Waals surface area contributed by atoms with Crippen LogP contribution in [0.2, 0.25) is 0 Å². The molecule has 8 N–H and O–H groups in total. The van der Waals surface area contributed by atoms with Gasteiger partial charge in [0.15, 0.2) is 0 Å². The van der Waals surface area contributed by atoms with E-state index < -0.39 is 49.2 Å². The van der Waals surface area contributed by atoms with Crippen molar-refractivity contribution in [3.63, 3.8) is 0 Å². The molecule has 0 aromatic carbocycles. The molecular weight excluding hydrogens is 664 g/mol. The van der Waals surface area contributed by atoms with Gasteiger partial charge in [0.25, 0.3) is 0 Å². The average molecular weight is 725 g/mol. The Labute approximate surface area is 300 Å². The number of carboxylic acid groups (broad SMARTS) is 4. The van der Waals surface area contributed by atoms with E-state index in [1.807, 2.05) is 0 Å². The number of rotatable bonds is 19. The molecular formula is C36H60N4O11. The van der Waals surface area contributed by atoms with Crippen LogP contribution in [0.5, 0.6) is 0 Å². The highest BCUT2D eigenvalue weighted by atomic mass is 16.4. The van der Waals surface area contributed by atoms with Crippen molar-refractivity contribution in [3.8, 4) is 0 Å². The van der Waals surface area contributed by atoms with Crippen LogP contribution < -0.4 is 10.6 Å². The maximum Gasteiger partial charge on any atom is 0.317 e. The van der Waals surface area contributed by atoms with Crippen LogP contribution in [0.3, 0.4) is 0 Å². The zero-order chi connectivity index (χ0) is 37.7. The van der Waals surface area contributed by atoms with Crippen LogP contribution in [0.1, 0.15) is 78.6 Å². The molecule has 4 saturated carbocycles. The molecule has 0 spiro atoms. The van der Waals surface area contributed by atoms with E-state index in [4.69, 9.17) is 5.11 Å². The molecule has 0 radical (unpaired) electrons. The molecule has 0 bridgehead atoms. The number of carboxylic acids is 4. The summed E-state index contributed by atoms with van der Waals surface area (Å²) in [4.78, 5) is 61.2. The van der Waals surface area contributed by atoms with Gasteiger partial charge in [-0.3, -0.25) is 33.8 Å². The quantitative estimate of drug-likeness (QED) is 0.0869. The number of nitrogens with one attached hydrogen (secondary N) is 2. The second-order valence-corrected chi connectivity index (χ2v) is 16.4. The van der Waals surface area contributed by atoms with Gasteiger partial charge in [0.05, 0.1) is 38.4 Å². The molecule has 0 saturated heterocycles. The van der Waals surface area contributed by atoms with E-state index in [0.717, 1.165) is 25.7 Å². The molecule has 0 aromatic rings. The highest BCUT2D eigenvalue weighted by Gasteiger charge is 2.65. The van der Waals surface area contributed by atoms with Crippen molar-refractivity contribution in [1.82, 2.24) is 20.4 Å². The fourth-order valence-electron chi connectivity index (χ4n) is 10.9. The number of hydrogen-bond acceptors (Lipinski definition) is 10. The molecule has 290 valence electrons. The van der Waals surface area contributed by atoms with Crippen molar-refractivity contribution >= 4 is 29.8 Å². The van der Waals surface area contributed by atoms with Crippen LogP contribution in [0.25, 0.3) is 0 Å². The molecule has 4 aliphatic rings. The molecule has 4 unspecified atom stereocenters. The first-order valence-electron chi connectivity index (χ1n) is 18.6. The van der Waals surface area contributed by atoms with Gasteiger partial charge < -0.3 is 41.3 Å². The van der Waals surface area contributed by atoms with Crippen molar-refractivity contribution in [2.45, 2.75) is 96.8 Å². The summed E-state index contributed by atoms with van der Waals surface area (Å²) >= 11 is 0. The molecule has 1 amide bonds. The van der Waals surface area contributed by atoms with Gasteiger partial charge in [0.1, 0.15) is 0 Å². The van der Waals surface area contributed by atoms with Crippen molar-refractivity contribution in [3.05, 3.63) is 0 Å². The summed E-state index contributed by atoms with van der Waals surface area (Å²) in [6.07, 6.45) is 4.97. The van der Waals surface area contributed by atoms with E-state index in [0.29, 0.717) is 25.7 Å². The molecule has 0 aromatic heterocycles. The Balaban J connectivity index is 1.38. The minimum Gasteiger partial charge on any atom is -0.481 e. The Hall–Kier alpha value is -2.85. The Morgan fingerprint density at radius 1 is 0.784 bits per heavy atom. The summed E-state index contributed by atoms with van der Waals surface area (Å²) in [7, 11) is 0. The van der Waals surface area contributed by atoms with E-state index in [1.165, 1.54) is 4.90 Å². The number of carbonyl (C=O) groups is 5. The van der Waals surface area contributed by atoms with E-state index in [9.17, 15) is 49.5 Å². The molecule has 4 rings (SSSR count). The number of nitrogens with zero attached hydrogens (tertiary/aromatic N) is 2. The van der Waals surface area contributed by atoms with Crippen LogP contribution in [-0.4, -0.2) is 141 Å². The number of fused-ring (bicyclic) bond motifs is 5. The van der Waals surface area contributed by atoms with Crippen LogP contribution in [-0.2, 0) is 24.0 Å². The molecule has 0 heterocycles. The zero-order valence-electron chi connectivity index (χ0n) is 30.3. The van der Waals surface area contributed by atoms with Crippen LogP contribution in [0.4, 0.5) is 0 Å². The largest absolute Gasteiger partial charge is 0.481 e. The predicted molar refractivity (Wildman–Crippen MR) is 185 cm³/mol. The van der Waals surface area contributed by atoms with Gasteiger partial charge in [-0.05, 0) is 97.7 Å². The number of aliphatic carboxylic acids is 4. The lowest BCUT2D eigenvalue weighted by Crippen LogP contribution is -2.63.